The van der Waals surface area contributed by atoms with Gasteiger partial charge in [-0.3, -0.25) is 19.5 Å². The van der Waals surface area contributed by atoms with Gasteiger partial charge >= 0.3 is 0 Å². The molecule has 0 bridgehead atoms. The van der Waals surface area contributed by atoms with E-state index in [0.717, 1.165) is 57.0 Å². The van der Waals surface area contributed by atoms with Crippen LogP contribution in [0.15, 0.2) is 21.7 Å². The highest BCUT2D eigenvalue weighted by Crippen LogP contribution is 2.18. The van der Waals surface area contributed by atoms with Gasteiger partial charge in [0.25, 0.3) is 5.91 Å². The molecule has 9 heteroatoms. The van der Waals surface area contributed by atoms with E-state index in [0.29, 0.717) is 31.4 Å². The average Bonchev–Trinajstić information content (AvgIpc) is 3.42. The fraction of sp³-hybridized carbons (Fsp3) is 0.650. The third-order valence-electron chi connectivity index (χ3n) is 5.18. The van der Waals surface area contributed by atoms with E-state index >= 15 is 0 Å². The van der Waals surface area contributed by atoms with Gasteiger partial charge in [-0.1, -0.05) is 0 Å². The zero-order valence-corrected chi connectivity index (χ0v) is 17.4. The Morgan fingerprint density at radius 1 is 1.17 bits per heavy atom. The Hall–Kier alpha value is -2.55. The minimum atomic E-state index is -0.182. The van der Waals surface area contributed by atoms with E-state index in [1.165, 1.54) is 6.26 Å². The fourth-order valence-corrected chi connectivity index (χ4v) is 3.33. The molecule has 1 aromatic heterocycles. The number of nitrogens with one attached hydrogen (secondary N) is 3. The fourth-order valence-electron chi connectivity index (χ4n) is 3.33. The smallest absolute Gasteiger partial charge is 0.287 e. The second-order valence-electron chi connectivity index (χ2n) is 7.62. The van der Waals surface area contributed by atoms with Crippen LogP contribution in [0.2, 0.25) is 0 Å². The predicted octanol–water partition coefficient (Wildman–Crippen LogP) is 0.180. The van der Waals surface area contributed by atoms with Gasteiger partial charge in [0.1, 0.15) is 0 Å². The number of aliphatic imine (C=N–C) groups is 1. The number of carbonyl (C=O) groups is 2. The van der Waals surface area contributed by atoms with Gasteiger partial charge in [0.05, 0.1) is 12.8 Å². The SMILES string of the molecule is CN=C(NCCCNC(=O)c1occc1C)N1CCN(CC(=O)NC2CC2)CC1. The zero-order chi connectivity index (χ0) is 20.6. The number of nitrogens with zero attached hydrogens (tertiary/aromatic N) is 3. The summed E-state index contributed by atoms with van der Waals surface area (Å²) in [5.41, 5.74) is 0.838. The molecule has 1 saturated carbocycles. The Balaban J connectivity index is 1.29. The van der Waals surface area contributed by atoms with Crippen molar-refractivity contribution in [2.24, 2.45) is 4.99 Å². The maximum Gasteiger partial charge on any atom is 0.287 e. The first-order chi connectivity index (χ1) is 14.1. The minimum Gasteiger partial charge on any atom is -0.459 e. The summed E-state index contributed by atoms with van der Waals surface area (Å²) in [5.74, 6) is 1.19. The molecule has 0 unspecified atom stereocenters. The predicted molar refractivity (Wildman–Crippen MR) is 111 cm³/mol. The second kappa shape index (κ2) is 10.3. The molecule has 2 aliphatic rings. The van der Waals surface area contributed by atoms with Crippen molar-refractivity contribution in [1.82, 2.24) is 25.8 Å². The van der Waals surface area contributed by atoms with Crippen LogP contribution >= 0.6 is 0 Å². The largest absolute Gasteiger partial charge is 0.459 e. The number of piperazine rings is 1. The Bertz CT molecular complexity index is 720. The van der Waals surface area contributed by atoms with Crippen LogP contribution in [0.3, 0.4) is 0 Å². The molecule has 0 radical (unpaired) electrons. The lowest BCUT2D eigenvalue weighted by Gasteiger charge is -2.36. The molecule has 1 saturated heterocycles. The first-order valence-electron chi connectivity index (χ1n) is 10.4. The molecular formula is C20H32N6O3. The van der Waals surface area contributed by atoms with Gasteiger partial charge in [-0.15, -0.1) is 0 Å². The molecule has 0 spiro atoms. The summed E-state index contributed by atoms with van der Waals surface area (Å²) in [6, 6.07) is 2.19. The normalized spacial score (nSPS) is 17.9. The van der Waals surface area contributed by atoms with Gasteiger partial charge in [-0.25, -0.2) is 0 Å². The van der Waals surface area contributed by atoms with Gasteiger partial charge < -0.3 is 25.3 Å². The number of aryl methyl sites for hydroxylation is 1. The van der Waals surface area contributed by atoms with Crippen molar-refractivity contribution in [2.45, 2.75) is 32.2 Å². The van der Waals surface area contributed by atoms with Crippen molar-refractivity contribution in [3.05, 3.63) is 23.7 Å². The molecule has 160 valence electrons. The molecule has 3 rings (SSSR count). The first kappa shape index (κ1) is 21.2. The van der Waals surface area contributed by atoms with Crippen LogP contribution in [0.4, 0.5) is 0 Å². The molecule has 1 aliphatic heterocycles. The van der Waals surface area contributed by atoms with Crippen LogP contribution in [-0.4, -0.2) is 86.5 Å². The number of guanidine groups is 1. The van der Waals surface area contributed by atoms with E-state index in [4.69, 9.17) is 4.42 Å². The maximum atomic E-state index is 12.0. The number of amides is 2. The van der Waals surface area contributed by atoms with Crippen LogP contribution in [0.1, 0.15) is 35.4 Å². The number of rotatable bonds is 8. The van der Waals surface area contributed by atoms with Gasteiger partial charge in [-0.05, 0) is 32.3 Å². The van der Waals surface area contributed by atoms with E-state index in [2.05, 4.69) is 30.7 Å². The van der Waals surface area contributed by atoms with E-state index in [1.54, 1.807) is 13.1 Å². The summed E-state index contributed by atoms with van der Waals surface area (Å²) >= 11 is 0. The summed E-state index contributed by atoms with van der Waals surface area (Å²) in [7, 11) is 1.78. The van der Waals surface area contributed by atoms with Gasteiger partial charge in [0.2, 0.25) is 5.91 Å². The standard InChI is InChI=1S/C20H32N6O3/c1-15-6-13-29-18(15)19(28)22-7-3-8-23-20(21-2)26-11-9-25(10-12-26)14-17(27)24-16-4-5-16/h6,13,16H,3-5,7-12,14H2,1-2H3,(H,21,23)(H,22,28)(H,24,27). The van der Waals surface area contributed by atoms with Gasteiger partial charge in [0.15, 0.2) is 11.7 Å². The number of carbonyl (C=O) groups excluding carboxylic acids is 2. The Morgan fingerprint density at radius 2 is 1.90 bits per heavy atom. The van der Waals surface area contributed by atoms with Crippen LogP contribution in [0.25, 0.3) is 0 Å². The first-order valence-corrected chi connectivity index (χ1v) is 10.4. The number of hydrogen-bond acceptors (Lipinski definition) is 5. The lowest BCUT2D eigenvalue weighted by Crippen LogP contribution is -2.54. The van der Waals surface area contributed by atoms with E-state index in [9.17, 15) is 9.59 Å². The van der Waals surface area contributed by atoms with Crippen molar-refractivity contribution in [3.8, 4) is 0 Å². The van der Waals surface area contributed by atoms with E-state index in [1.807, 2.05) is 6.92 Å². The molecular weight excluding hydrogens is 372 g/mol. The van der Waals surface area contributed by atoms with Crippen LogP contribution < -0.4 is 16.0 Å². The topological polar surface area (TPSA) is 102 Å². The Morgan fingerprint density at radius 3 is 2.52 bits per heavy atom. The molecule has 2 heterocycles. The molecule has 0 atom stereocenters. The molecule has 2 fully saturated rings. The van der Waals surface area contributed by atoms with Crippen molar-refractivity contribution in [2.75, 3.05) is 52.9 Å². The summed E-state index contributed by atoms with van der Waals surface area (Å²) in [6.07, 6.45) is 4.54. The maximum absolute atomic E-state index is 12.0. The monoisotopic (exact) mass is 404 g/mol. The van der Waals surface area contributed by atoms with Crippen molar-refractivity contribution in [1.29, 1.82) is 0 Å². The van der Waals surface area contributed by atoms with E-state index in [-0.39, 0.29) is 11.8 Å². The highest BCUT2D eigenvalue weighted by molar-refractivity contribution is 5.92. The molecule has 1 aliphatic carbocycles. The summed E-state index contributed by atoms with van der Waals surface area (Å²) in [5, 5.41) is 9.26. The quantitative estimate of drug-likeness (QED) is 0.325. The van der Waals surface area contributed by atoms with Gasteiger partial charge in [0, 0.05) is 57.9 Å². The lowest BCUT2D eigenvalue weighted by atomic mass is 10.2. The molecule has 1 aromatic rings. The third kappa shape index (κ3) is 6.49. The Labute approximate surface area is 171 Å². The molecule has 0 aromatic carbocycles. The number of furan rings is 1. The summed E-state index contributed by atoms with van der Waals surface area (Å²) in [6.45, 7) is 6.97. The highest BCUT2D eigenvalue weighted by atomic mass is 16.3. The summed E-state index contributed by atoms with van der Waals surface area (Å²) < 4.78 is 5.19. The van der Waals surface area contributed by atoms with Crippen LogP contribution in [-0.2, 0) is 4.79 Å². The van der Waals surface area contributed by atoms with Crippen molar-refractivity contribution < 1.29 is 14.0 Å². The minimum absolute atomic E-state index is 0.134. The van der Waals surface area contributed by atoms with Crippen molar-refractivity contribution in [3.63, 3.8) is 0 Å². The number of hydrogen-bond donors (Lipinski definition) is 3. The zero-order valence-electron chi connectivity index (χ0n) is 17.4. The molecule has 29 heavy (non-hydrogen) atoms. The molecule has 9 nitrogen and oxygen atoms in total. The average molecular weight is 405 g/mol. The van der Waals surface area contributed by atoms with Crippen LogP contribution in [0.5, 0.6) is 0 Å². The molecule has 2 amide bonds. The third-order valence-corrected chi connectivity index (χ3v) is 5.18. The second-order valence-corrected chi connectivity index (χ2v) is 7.62. The van der Waals surface area contributed by atoms with Crippen LogP contribution in [0, 0.1) is 6.92 Å². The van der Waals surface area contributed by atoms with Crippen molar-refractivity contribution >= 4 is 17.8 Å². The Kier molecular flexibility index (Phi) is 7.51. The highest BCUT2D eigenvalue weighted by Gasteiger charge is 2.25. The summed E-state index contributed by atoms with van der Waals surface area (Å²) in [4.78, 5) is 32.7. The lowest BCUT2D eigenvalue weighted by molar-refractivity contribution is -0.122. The van der Waals surface area contributed by atoms with Gasteiger partial charge in [-0.2, -0.15) is 0 Å². The van der Waals surface area contributed by atoms with E-state index < -0.39 is 0 Å². The molecule has 3 N–H and O–H groups in total.